The van der Waals surface area contributed by atoms with Crippen LogP contribution in [0.1, 0.15) is 37.7 Å². The molecule has 1 aromatic carbocycles. The van der Waals surface area contributed by atoms with E-state index in [0.717, 1.165) is 31.1 Å². The lowest BCUT2D eigenvalue weighted by Crippen LogP contribution is -2.42. The number of para-hydroxylation sites is 1. The van der Waals surface area contributed by atoms with Gasteiger partial charge in [-0.05, 0) is 38.2 Å². The van der Waals surface area contributed by atoms with Crippen molar-refractivity contribution in [3.63, 3.8) is 0 Å². The van der Waals surface area contributed by atoms with E-state index in [4.69, 9.17) is 4.74 Å². The van der Waals surface area contributed by atoms with Gasteiger partial charge in [0.05, 0.1) is 6.10 Å². The van der Waals surface area contributed by atoms with Crippen LogP contribution in [0.2, 0.25) is 0 Å². The molecule has 0 amide bonds. The van der Waals surface area contributed by atoms with Crippen LogP contribution in [0.25, 0.3) is 0 Å². The second-order valence-electron chi connectivity index (χ2n) is 5.99. The molecule has 2 aliphatic rings. The molecule has 0 radical (unpaired) electrons. The minimum Gasteiger partial charge on any atom is -0.490 e. The first kappa shape index (κ1) is 14.9. The number of nitrogens with one attached hydrogen (secondary N) is 2. The van der Waals surface area contributed by atoms with Crippen molar-refractivity contribution in [1.29, 1.82) is 0 Å². The van der Waals surface area contributed by atoms with E-state index in [1.165, 1.54) is 24.8 Å². The summed E-state index contributed by atoms with van der Waals surface area (Å²) in [6.45, 7) is 0.725. The van der Waals surface area contributed by atoms with E-state index in [0.29, 0.717) is 12.1 Å². The molecule has 0 aliphatic heterocycles. The number of aliphatic imine (C=N–C) groups is 1. The summed E-state index contributed by atoms with van der Waals surface area (Å²) in [6.07, 6.45) is 10.6. The third kappa shape index (κ3) is 3.81. The Morgan fingerprint density at radius 1 is 1.23 bits per heavy atom. The second kappa shape index (κ2) is 7.34. The van der Waals surface area contributed by atoms with E-state index in [2.05, 4.69) is 46.0 Å². The summed E-state index contributed by atoms with van der Waals surface area (Å²) in [4.78, 5) is 4.31. The Hall–Kier alpha value is -1.97. The molecule has 0 bridgehead atoms. The number of ether oxygens (including phenoxy) is 1. The summed E-state index contributed by atoms with van der Waals surface area (Å²) in [5, 5.41) is 6.85. The van der Waals surface area contributed by atoms with Crippen molar-refractivity contribution in [2.75, 3.05) is 7.05 Å². The van der Waals surface area contributed by atoms with Crippen molar-refractivity contribution in [2.45, 2.75) is 50.8 Å². The highest BCUT2D eigenvalue weighted by atomic mass is 16.5. The number of nitrogens with zero attached hydrogens (tertiary/aromatic N) is 1. The zero-order valence-corrected chi connectivity index (χ0v) is 13.2. The van der Waals surface area contributed by atoms with Gasteiger partial charge in [0, 0.05) is 25.2 Å². The van der Waals surface area contributed by atoms with Gasteiger partial charge in [0.1, 0.15) is 5.75 Å². The van der Waals surface area contributed by atoms with E-state index in [9.17, 15) is 0 Å². The Morgan fingerprint density at radius 2 is 2.00 bits per heavy atom. The highest BCUT2D eigenvalue weighted by molar-refractivity contribution is 5.80. The SMILES string of the molecule is CN=C(NCc1ccccc1OC1CCC1)NC1CC=CC1. The molecular formula is C18H25N3O. The lowest BCUT2D eigenvalue weighted by atomic mass is 9.96. The van der Waals surface area contributed by atoms with Crippen LogP contribution in [0, 0.1) is 0 Å². The van der Waals surface area contributed by atoms with Crippen LogP contribution in [0.15, 0.2) is 41.4 Å². The summed E-state index contributed by atoms with van der Waals surface area (Å²) in [7, 11) is 1.81. The van der Waals surface area contributed by atoms with E-state index >= 15 is 0 Å². The van der Waals surface area contributed by atoms with Crippen molar-refractivity contribution in [1.82, 2.24) is 10.6 Å². The fourth-order valence-electron chi connectivity index (χ4n) is 2.74. The Balaban J connectivity index is 1.55. The third-order valence-corrected chi connectivity index (χ3v) is 4.34. The Kier molecular flexibility index (Phi) is 4.99. The zero-order chi connectivity index (χ0) is 15.2. The lowest BCUT2D eigenvalue weighted by molar-refractivity contribution is 0.119. The average Bonchev–Trinajstić information content (AvgIpc) is 3.01. The van der Waals surface area contributed by atoms with Gasteiger partial charge in [0.25, 0.3) is 0 Å². The van der Waals surface area contributed by atoms with Gasteiger partial charge in [-0.25, -0.2) is 0 Å². The van der Waals surface area contributed by atoms with Gasteiger partial charge in [0.2, 0.25) is 0 Å². The van der Waals surface area contributed by atoms with E-state index in [1.54, 1.807) is 0 Å². The fraction of sp³-hybridized carbons (Fsp3) is 0.500. The molecule has 0 aromatic heterocycles. The summed E-state index contributed by atoms with van der Waals surface area (Å²) < 4.78 is 6.07. The van der Waals surface area contributed by atoms with Gasteiger partial charge in [-0.15, -0.1) is 0 Å². The lowest BCUT2D eigenvalue weighted by Gasteiger charge is -2.27. The van der Waals surface area contributed by atoms with Crippen LogP contribution in [-0.2, 0) is 6.54 Å². The molecule has 4 nitrogen and oxygen atoms in total. The molecule has 118 valence electrons. The number of hydrogen-bond acceptors (Lipinski definition) is 2. The molecule has 0 heterocycles. The Bertz CT molecular complexity index is 541. The standard InChI is InChI=1S/C18H25N3O/c1-19-18(21-15-8-3-4-9-15)20-13-14-7-2-5-12-17(14)22-16-10-6-11-16/h2-5,7,12,15-16H,6,8-11,13H2,1H3,(H2,19,20,21). The minimum atomic E-state index is 0.406. The van der Waals surface area contributed by atoms with Crippen LogP contribution in [-0.4, -0.2) is 25.2 Å². The van der Waals surface area contributed by atoms with E-state index in [-0.39, 0.29) is 0 Å². The molecule has 4 heteroatoms. The van der Waals surface area contributed by atoms with Crippen molar-refractivity contribution in [3.8, 4) is 5.75 Å². The molecule has 0 atom stereocenters. The van der Waals surface area contributed by atoms with Crippen LogP contribution in [0.3, 0.4) is 0 Å². The molecule has 3 rings (SSSR count). The van der Waals surface area contributed by atoms with Crippen LogP contribution < -0.4 is 15.4 Å². The van der Waals surface area contributed by atoms with Gasteiger partial charge >= 0.3 is 0 Å². The molecule has 1 aromatic rings. The number of rotatable bonds is 5. The topological polar surface area (TPSA) is 45.7 Å². The van der Waals surface area contributed by atoms with Gasteiger partial charge < -0.3 is 15.4 Å². The average molecular weight is 299 g/mol. The smallest absolute Gasteiger partial charge is 0.191 e. The molecule has 1 fully saturated rings. The predicted molar refractivity (Wildman–Crippen MR) is 90.2 cm³/mol. The maximum atomic E-state index is 6.07. The van der Waals surface area contributed by atoms with Crippen molar-refractivity contribution >= 4 is 5.96 Å². The molecule has 2 aliphatic carbocycles. The Labute approximate surface area is 132 Å². The molecule has 0 spiro atoms. The summed E-state index contributed by atoms with van der Waals surface area (Å²) in [6, 6.07) is 8.74. The molecular weight excluding hydrogens is 274 g/mol. The predicted octanol–water partition coefficient (Wildman–Crippen LogP) is 3.00. The number of benzene rings is 1. The first-order chi connectivity index (χ1) is 10.8. The van der Waals surface area contributed by atoms with Crippen LogP contribution >= 0.6 is 0 Å². The minimum absolute atomic E-state index is 0.406. The summed E-state index contributed by atoms with van der Waals surface area (Å²) >= 11 is 0. The second-order valence-corrected chi connectivity index (χ2v) is 5.99. The largest absolute Gasteiger partial charge is 0.490 e. The van der Waals surface area contributed by atoms with E-state index < -0.39 is 0 Å². The van der Waals surface area contributed by atoms with Crippen molar-refractivity contribution < 1.29 is 4.74 Å². The van der Waals surface area contributed by atoms with Crippen molar-refractivity contribution in [2.24, 2.45) is 4.99 Å². The van der Waals surface area contributed by atoms with E-state index in [1.807, 2.05) is 13.1 Å². The summed E-state index contributed by atoms with van der Waals surface area (Å²) in [5.74, 6) is 1.85. The van der Waals surface area contributed by atoms with Crippen molar-refractivity contribution in [3.05, 3.63) is 42.0 Å². The molecule has 22 heavy (non-hydrogen) atoms. The number of hydrogen-bond donors (Lipinski definition) is 2. The number of guanidine groups is 1. The normalized spacial score (nSPS) is 19.0. The van der Waals surface area contributed by atoms with Crippen LogP contribution in [0.5, 0.6) is 5.75 Å². The third-order valence-electron chi connectivity index (χ3n) is 4.34. The van der Waals surface area contributed by atoms with Gasteiger partial charge in [-0.1, -0.05) is 30.4 Å². The zero-order valence-electron chi connectivity index (χ0n) is 13.2. The Morgan fingerprint density at radius 3 is 2.68 bits per heavy atom. The van der Waals surface area contributed by atoms with Crippen LogP contribution in [0.4, 0.5) is 0 Å². The first-order valence-electron chi connectivity index (χ1n) is 8.22. The van der Waals surface area contributed by atoms with Gasteiger partial charge in [-0.2, -0.15) is 0 Å². The maximum Gasteiger partial charge on any atom is 0.191 e. The van der Waals surface area contributed by atoms with Gasteiger partial charge in [0.15, 0.2) is 5.96 Å². The first-order valence-corrected chi connectivity index (χ1v) is 8.22. The highest BCUT2D eigenvalue weighted by Gasteiger charge is 2.20. The van der Waals surface area contributed by atoms with Gasteiger partial charge in [-0.3, -0.25) is 4.99 Å². The quantitative estimate of drug-likeness (QED) is 0.499. The molecule has 0 saturated heterocycles. The molecule has 1 saturated carbocycles. The maximum absolute atomic E-state index is 6.07. The summed E-state index contributed by atoms with van der Waals surface area (Å²) in [5.41, 5.74) is 1.18. The highest BCUT2D eigenvalue weighted by Crippen LogP contribution is 2.27. The molecule has 2 N–H and O–H groups in total. The molecule has 0 unspecified atom stereocenters. The fourth-order valence-corrected chi connectivity index (χ4v) is 2.74. The monoisotopic (exact) mass is 299 g/mol.